The van der Waals surface area contributed by atoms with E-state index < -0.39 is 0 Å². The van der Waals surface area contributed by atoms with Crippen molar-refractivity contribution < 1.29 is 9.18 Å². The van der Waals surface area contributed by atoms with E-state index in [2.05, 4.69) is 20.4 Å². The highest BCUT2D eigenvalue weighted by atomic mass is 19.1. The van der Waals surface area contributed by atoms with Gasteiger partial charge in [-0.1, -0.05) is 18.2 Å². The summed E-state index contributed by atoms with van der Waals surface area (Å²) in [5, 5.41) is 11.2. The maximum absolute atomic E-state index is 13.3. The van der Waals surface area contributed by atoms with Crippen molar-refractivity contribution in [3.63, 3.8) is 0 Å². The minimum absolute atomic E-state index is 0.0694. The summed E-state index contributed by atoms with van der Waals surface area (Å²) in [5.74, 6) is 0.247. The van der Waals surface area contributed by atoms with Gasteiger partial charge in [-0.2, -0.15) is 0 Å². The molecule has 2 aliphatic heterocycles. The van der Waals surface area contributed by atoms with Gasteiger partial charge in [-0.3, -0.25) is 4.79 Å². The van der Waals surface area contributed by atoms with E-state index in [1.807, 2.05) is 36.4 Å². The fourth-order valence-corrected chi connectivity index (χ4v) is 4.73. The molecule has 3 heterocycles. The molecule has 2 saturated heterocycles. The van der Waals surface area contributed by atoms with Crippen molar-refractivity contribution in [3.8, 4) is 5.69 Å². The van der Waals surface area contributed by atoms with E-state index in [0.29, 0.717) is 11.5 Å². The number of benzene rings is 2. The number of fused-ring (bicyclic) bond motifs is 2. The summed E-state index contributed by atoms with van der Waals surface area (Å²) >= 11 is 0. The second-order valence-corrected chi connectivity index (χ2v) is 7.62. The number of tetrazole rings is 1. The van der Waals surface area contributed by atoms with Crippen LogP contribution in [0.3, 0.4) is 0 Å². The minimum atomic E-state index is -0.207. The molecule has 7 heteroatoms. The Kier molecular flexibility index (Phi) is 4.15. The zero-order valence-electron chi connectivity index (χ0n) is 15.3. The van der Waals surface area contributed by atoms with Gasteiger partial charge >= 0.3 is 0 Å². The van der Waals surface area contributed by atoms with Crippen LogP contribution in [-0.2, 0) is 0 Å². The summed E-state index contributed by atoms with van der Waals surface area (Å²) < 4.78 is 14.8. The van der Waals surface area contributed by atoms with Crippen LogP contribution in [0.15, 0.2) is 54.9 Å². The van der Waals surface area contributed by atoms with Crippen LogP contribution in [0.4, 0.5) is 4.39 Å². The number of hydrogen-bond acceptors (Lipinski definition) is 4. The first kappa shape index (κ1) is 17.0. The van der Waals surface area contributed by atoms with Gasteiger partial charge in [-0.05, 0) is 77.9 Å². The van der Waals surface area contributed by atoms with E-state index in [4.69, 9.17) is 0 Å². The third kappa shape index (κ3) is 2.96. The number of halogens is 1. The predicted octanol–water partition coefficient (Wildman–Crippen LogP) is 3.35. The van der Waals surface area contributed by atoms with Crippen molar-refractivity contribution in [1.82, 2.24) is 25.1 Å². The molecule has 2 aliphatic rings. The smallest absolute Gasteiger partial charge is 0.254 e. The lowest BCUT2D eigenvalue weighted by atomic mass is 9.85. The van der Waals surface area contributed by atoms with E-state index in [0.717, 1.165) is 31.4 Å². The lowest BCUT2D eigenvalue weighted by Crippen LogP contribution is -2.46. The number of piperidine rings is 1. The number of rotatable bonds is 3. The predicted molar refractivity (Wildman–Crippen MR) is 101 cm³/mol. The second kappa shape index (κ2) is 6.82. The Morgan fingerprint density at radius 3 is 2.46 bits per heavy atom. The molecule has 5 rings (SSSR count). The Bertz CT molecular complexity index is 974. The van der Waals surface area contributed by atoms with Crippen LogP contribution in [0.25, 0.3) is 5.69 Å². The van der Waals surface area contributed by atoms with Crippen molar-refractivity contribution >= 4 is 5.91 Å². The molecule has 2 fully saturated rings. The maximum atomic E-state index is 13.3. The fourth-order valence-electron chi connectivity index (χ4n) is 4.73. The molecule has 1 aromatic heterocycles. The monoisotopic (exact) mass is 377 g/mol. The molecule has 0 spiro atoms. The normalized spacial score (nSPS) is 23.8. The molecule has 0 N–H and O–H groups in total. The van der Waals surface area contributed by atoms with E-state index >= 15 is 0 Å². The van der Waals surface area contributed by atoms with Gasteiger partial charge in [0, 0.05) is 17.6 Å². The van der Waals surface area contributed by atoms with Gasteiger partial charge in [-0.25, -0.2) is 9.07 Å². The molecule has 0 radical (unpaired) electrons. The van der Waals surface area contributed by atoms with E-state index in [-0.39, 0.29) is 23.8 Å². The van der Waals surface area contributed by atoms with Gasteiger partial charge in [-0.15, -0.1) is 5.10 Å². The summed E-state index contributed by atoms with van der Waals surface area (Å²) in [6.07, 6.45) is 5.43. The molecule has 2 atom stereocenters. The maximum Gasteiger partial charge on any atom is 0.254 e. The summed E-state index contributed by atoms with van der Waals surface area (Å²) in [6, 6.07) is 14.7. The number of aromatic nitrogens is 4. The Morgan fingerprint density at radius 2 is 1.79 bits per heavy atom. The largest absolute Gasteiger partial charge is 0.333 e. The first-order valence-electron chi connectivity index (χ1n) is 9.60. The highest BCUT2D eigenvalue weighted by Crippen LogP contribution is 2.43. The summed E-state index contributed by atoms with van der Waals surface area (Å²) in [6.45, 7) is 0. The molecular weight excluding hydrogens is 357 g/mol. The average Bonchev–Trinajstić information content (AvgIpc) is 3.35. The molecule has 142 valence electrons. The quantitative estimate of drug-likeness (QED) is 0.702. The standard InChI is InChI=1S/C21H20FN5O/c22-17-6-4-14(5-7-17)16-11-19-8-9-20(12-16)27(19)21(28)15-2-1-3-18(10-15)26-13-23-24-25-26/h1-7,10,13,16,19-20H,8-9,11-12H2/t19-,20-/m1/s1. The van der Waals surface area contributed by atoms with E-state index in [1.54, 1.807) is 4.68 Å². The Hall–Kier alpha value is -3.09. The Morgan fingerprint density at radius 1 is 1.04 bits per heavy atom. The first-order chi connectivity index (χ1) is 13.7. The van der Waals surface area contributed by atoms with E-state index in [9.17, 15) is 9.18 Å². The molecule has 28 heavy (non-hydrogen) atoms. The molecular formula is C21H20FN5O. The Balaban J connectivity index is 1.37. The lowest BCUT2D eigenvalue weighted by molar-refractivity contribution is 0.0571. The number of amides is 1. The van der Waals surface area contributed by atoms with Gasteiger partial charge in [0.1, 0.15) is 12.1 Å². The highest BCUT2D eigenvalue weighted by molar-refractivity contribution is 5.95. The topological polar surface area (TPSA) is 63.9 Å². The highest BCUT2D eigenvalue weighted by Gasteiger charge is 2.43. The Labute approximate surface area is 162 Å². The third-order valence-electron chi connectivity index (χ3n) is 6.02. The van der Waals surface area contributed by atoms with Crippen molar-refractivity contribution in [1.29, 1.82) is 0 Å². The summed E-state index contributed by atoms with van der Waals surface area (Å²) in [7, 11) is 0. The van der Waals surface area contributed by atoms with Gasteiger partial charge in [0.15, 0.2) is 0 Å². The molecule has 2 aromatic carbocycles. The van der Waals surface area contributed by atoms with Crippen LogP contribution in [0.5, 0.6) is 0 Å². The molecule has 1 amide bonds. The lowest BCUT2D eigenvalue weighted by Gasteiger charge is -2.39. The molecule has 0 saturated carbocycles. The number of carbonyl (C=O) groups is 1. The fraction of sp³-hybridized carbons (Fsp3) is 0.333. The SMILES string of the molecule is O=C(c1cccc(-n2cnnn2)c1)N1[C@@H]2CC[C@@H]1CC(c1ccc(F)cc1)C2. The van der Waals surface area contributed by atoms with Crippen molar-refractivity contribution in [2.24, 2.45) is 0 Å². The zero-order valence-corrected chi connectivity index (χ0v) is 15.3. The van der Waals surface area contributed by atoms with Crippen molar-refractivity contribution in [2.75, 3.05) is 0 Å². The minimum Gasteiger partial charge on any atom is -0.333 e. The van der Waals surface area contributed by atoms with Crippen LogP contribution in [0, 0.1) is 5.82 Å². The van der Waals surface area contributed by atoms with Crippen molar-refractivity contribution in [2.45, 2.75) is 43.7 Å². The van der Waals surface area contributed by atoms with Crippen LogP contribution >= 0.6 is 0 Å². The first-order valence-corrected chi connectivity index (χ1v) is 9.60. The van der Waals surface area contributed by atoms with Crippen LogP contribution in [0.1, 0.15) is 47.5 Å². The van der Waals surface area contributed by atoms with Gasteiger partial charge in [0.25, 0.3) is 5.91 Å². The van der Waals surface area contributed by atoms with Gasteiger partial charge in [0.05, 0.1) is 5.69 Å². The summed E-state index contributed by atoms with van der Waals surface area (Å²) in [4.78, 5) is 15.4. The molecule has 0 aliphatic carbocycles. The van der Waals surface area contributed by atoms with Crippen LogP contribution < -0.4 is 0 Å². The van der Waals surface area contributed by atoms with Crippen molar-refractivity contribution in [3.05, 3.63) is 71.8 Å². The average molecular weight is 377 g/mol. The number of carbonyl (C=O) groups excluding carboxylic acids is 1. The van der Waals surface area contributed by atoms with E-state index in [1.165, 1.54) is 24.0 Å². The zero-order chi connectivity index (χ0) is 19.1. The number of hydrogen-bond donors (Lipinski definition) is 0. The third-order valence-corrected chi connectivity index (χ3v) is 6.02. The van der Waals surface area contributed by atoms with Crippen LogP contribution in [-0.4, -0.2) is 43.1 Å². The van der Waals surface area contributed by atoms with Gasteiger partial charge < -0.3 is 4.90 Å². The number of nitrogens with zero attached hydrogens (tertiary/aromatic N) is 5. The van der Waals surface area contributed by atoms with Gasteiger partial charge in [0.2, 0.25) is 0 Å². The molecule has 0 unspecified atom stereocenters. The summed E-state index contributed by atoms with van der Waals surface area (Å²) in [5.41, 5.74) is 2.60. The second-order valence-electron chi connectivity index (χ2n) is 7.62. The molecule has 3 aromatic rings. The molecule has 6 nitrogen and oxygen atoms in total. The molecule has 2 bridgehead atoms. The van der Waals surface area contributed by atoms with Crippen LogP contribution in [0.2, 0.25) is 0 Å².